The van der Waals surface area contributed by atoms with Crippen molar-refractivity contribution in [2.45, 2.75) is 37.1 Å². The van der Waals surface area contributed by atoms with Crippen LogP contribution in [0.25, 0.3) is 0 Å². The van der Waals surface area contributed by atoms with Gasteiger partial charge in [-0.15, -0.1) is 0 Å². The zero-order valence-electron chi connectivity index (χ0n) is 17.7. The number of hydrogen-bond acceptors (Lipinski definition) is 6. The quantitative estimate of drug-likeness (QED) is 0.540. The van der Waals surface area contributed by atoms with Gasteiger partial charge in [-0.3, -0.25) is 0 Å². The molecule has 0 amide bonds. The van der Waals surface area contributed by atoms with Crippen molar-refractivity contribution in [3.63, 3.8) is 0 Å². The maximum Gasteiger partial charge on any atom is 0.242 e. The summed E-state index contributed by atoms with van der Waals surface area (Å²) >= 11 is 0. The van der Waals surface area contributed by atoms with Crippen molar-refractivity contribution in [1.29, 1.82) is 0 Å². The van der Waals surface area contributed by atoms with Gasteiger partial charge in [0.25, 0.3) is 0 Å². The lowest BCUT2D eigenvalue weighted by molar-refractivity contribution is 0.171. The molecule has 1 heterocycles. The van der Waals surface area contributed by atoms with Crippen LogP contribution in [0.4, 0.5) is 5.69 Å². The molecular weight excluding hydrogens is 414 g/mol. The predicted octanol–water partition coefficient (Wildman–Crippen LogP) is 2.91. The second-order valence-electron chi connectivity index (χ2n) is 8.39. The number of ether oxygens (including phenoxy) is 2. The van der Waals surface area contributed by atoms with Crippen LogP contribution in [-0.4, -0.2) is 34.7 Å². The monoisotopic (exact) mass is 445 g/mol. The summed E-state index contributed by atoms with van der Waals surface area (Å²) in [6.45, 7) is 3.44. The summed E-state index contributed by atoms with van der Waals surface area (Å²) in [6.07, 6.45) is 4.27. The van der Waals surface area contributed by atoms with Gasteiger partial charge in [0.2, 0.25) is 10.0 Å². The first-order valence-electron chi connectivity index (χ1n) is 10.9. The van der Waals surface area contributed by atoms with E-state index < -0.39 is 10.0 Å². The maximum atomic E-state index is 12.5. The smallest absolute Gasteiger partial charge is 0.242 e. The first-order valence-corrected chi connectivity index (χ1v) is 12.4. The minimum atomic E-state index is -3.56. The standard InChI is InChI=1S/C23H31N3O4S/c24-20-3-1-2-4-23(20)31(27,28)26-16-18-7-5-17(6-8-18)14-25-15-19-9-10-21-22(13-19)30-12-11-29-21/h1-4,9-10,13,17-18,25-26H,5-8,11-12,14-16,24H2. The number of sulfonamides is 1. The van der Waals surface area contributed by atoms with E-state index in [0.29, 0.717) is 31.6 Å². The third-order valence-electron chi connectivity index (χ3n) is 6.11. The molecule has 7 nitrogen and oxygen atoms in total. The van der Waals surface area contributed by atoms with Crippen molar-refractivity contribution < 1.29 is 17.9 Å². The molecule has 1 saturated carbocycles. The fraction of sp³-hybridized carbons (Fsp3) is 0.478. The van der Waals surface area contributed by atoms with E-state index in [1.54, 1.807) is 24.3 Å². The molecule has 0 unspecified atom stereocenters. The van der Waals surface area contributed by atoms with E-state index in [0.717, 1.165) is 50.3 Å². The van der Waals surface area contributed by atoms with E-state index in [4.69, 9.17) is 15.2 Å². The van der Waals surface area contributed by atoms with Gasteiger partial charge in [0.1, 0.15) is 18.1 Å². The summed E-state index contributed by atoms with van der Waals surface area (Å²) in [5.74, 6) is 2.63. The van der Waals surface area contributed by atoms with Gasteiger partial charge in [-0.2, -0.15) is 0 Å². The molecule has 0 spiro atoms. The first kappa shape index (κ1) is 21.9. The topological polar surface area (TPSA) is 103 Å². The maximum absolute atomic E-state index is 12.5. The van der Waals surface area contributed by atoms with Crippen molar-refractivity contribution in [3.05, 3.63) is 48.0 Å². The number of nitrogens with one attached hydrogen (secondary N) is 2. The molecule has 1 aliphatic heterocycles. The Balaban J connectivity index is 1.18. The lowest BCUT2D eigenvalue weighted by Gasteiger charge is -2.29. The summed E-state index contributed by atoms with van der Waals surface area (Å²) in [7, 11) is -3.56. The summed E-state index contributed by atoms with van der Waals surface area (Å²) in [4.78, 5) is 0.159. The van der Waals surface area contributed by atoms with Gasteiger partial charge in [-0.1, -0.05) is 18.2 Å². The van der Waals surface area contributed by atoms with Crippen LogP contribution >= 0.6 is 0 Å². The van der Waals surface area contributed by atoms with Gasteiger partial charge in [0.15, 0.2) is 11.5 Å². The zero-order valence-corrected chi connectivity index (χ0v) is 18.5. The Labute approximate surface area is 184 Å². The van der Waals surface area contributed by atoms with Gasteiger partial charge in [0, 0.05) is 13.1 Å². The number of para-hydroxylation sites is 1. The molecule has 2 aliphatic rings. The average Bonchev–Trinajstić information content (AvgIpc) is 2.79. The highest BCUT2D eigenvalue weighted by Gasteiger charge is 2.24. The molecule has 0 atom stereocenters. The number of anilines is 1. The van der Waals surface area contributed by atoms with Gasteiger partial charge < -0.3 is 20.5 Å². The van der Waals surface area contributed by atoms with Crippen LogP contribution in [0.5, 0.6) is 11.5 Å². The SMILES string of the molecule is Nc1ccccc1S(=O)(=O)NCC1CCC(CNCc2ccc3c(c2)OCCO3)CC1. The molecule has 0 aromatic heterocycles. The summed E-state index contributed by atoms with van der Waals surface area (Å²) in [5, 5.41) is 3.56. The van der Waals surface area contributed by atoms with Crippen LogP contribution in [0.15, 0.2) is 47.4 Å². The van der Waals surface area contributed by atoms with Crippen LogP contribution < -0.4 is 25.2 Å². The number of fused-ring (bicyclic) bond motifs is 1. The normalized spacial score (nSPS) is 21.0. The Morgan fingerprint density at radius 1 is 0.903 bits per heavy atom. The lowest BCUT2D eigenvalue weighted by atomic mass is 9.82. The van der Waals surface area contributed by atoms with E-state index in [2.05, 4.69) is 16.1 Å². The highest BCUT2D eigenvalue weighted by atomic mass is 32.2. The molecule has 4 N–H and O–H groups in total. The Kier molecular flexibility index (Phi) is 6.99. The number of benzene rings is 2. The molecule has 0 bridgehead atoms. The second-order valence-corrected chi connectivity index (χ2v) is 10.1. The molecule has 2 aromatic carbocycles. The van der Waals surface area contributed by atoms with Crippen molar-refractivity contribution in [2.24, 2.45) is 11.8 Å². The Morgan fingerprint density at radius 2 is 1.58 bits per heavy atom. The summed E-state index contributed by atoms with van der Waals surface area (Å²) < 4.78 is 39.0. The molecule has 4 rings (SSSR count). The number of rotatable bonds is 8. The van der Waals surface area contributed by atoms with Crippen molar-refractivity contribution in [2.75, 3.05) is 32.0 Å². The number of hydrogen-bond donors (Lipinski definition) is 3. The van der Waals surface area contributed by atoms with Crippen LogP contribution in [0.3, 0.4) is 0 Å². The van der Waals surface area contributed by atoms with Gasteiger partial charge in [-0.25, -0.2) is 13.1 Å². The second kappa shape index (κ2) is 9.89. The third-order valence-corrected chi connectivity index (χ3v) is 7.60. The lowest BCUT2D eigenvalue weighted by Crippen LogP contribution is -2.33. The fourth-order valence-electron chi connectivity index (χ4n) is 4.29. The molecular formula is C23H31N3O4S. The third kappa shape index (κ3) is 5.70. The average molecular weight is 446 g/mol. The largest absolute Gasteiger partial charge is 0.486 e. The molecule has 2 aromatic rings. The van der Waals surface area contributed by atoms with Gasteiger partial charge in [0.05, 0.1) is 5.69 Å². The summed E-state index contributed by atoms with van der Waals surface area (Å²) in [6, 6.07) is 12.7. The van der Waals surface area contributed by atoms with E-state index in [-0.39, 0.29) is 10.6 Å². The Hall–Kier alpha value is -2.29. The molecule has 0 radical (unpaired) electrons. The van der Waals surface area contributed by atoms with Crippen molar-refractivity contribution in [3.8, 4) is 11.5 Å². The minimum absolute atomic E-state index is 0.159. The highest BCUT2D eigenvalue weighted by Crippen LogP contribution is 2.31. The fourth-order valence-corrected chi connectivity index (χ4v) is 5.54. The van der Waals surface area contributed by atoms with E-state index in [1.807, 2.05) is 12.1 Å². The summed E-state index contributed by atoms with van der Waals surface area (Å²) in [5.41, 5.74) is 7.28. The zero-order chi connectivity index (χ0) is 21.7. The molecule has 168 valence electrons. The van der Waals surface area contributed by atoms with Crippen LogP contribution in [0.2, 0.25) is 0 Å². The molecule has 1 aliphatic carbocycles. The molecule has 31 heavy (non-hydrogen) atoms. The van der Waals surface area contributed by atoms with Crippen LogP contribution in [0.1, 0.15) is 31.2 Å². The highest BCUT2D eigenvalue weighted by molar-refractivity contribution is 7.89. The minimum Gasteiger partial charge on any atom is -0.486 e. The Bertz CT molecular complexity index is 988. The van der Waals surface area contributed by atoms with E-state index in [1.165, 1.54) is 5.56 Å². The predicted molar refractivity (Wildman–Crippen MR) is 121 cm³/mol. The van der Waals surface area contributed by atoms with Crippen LogP contribution in [0, 0.1) is 11.8 Å². The van der Waals surface area contributed by atoms with Crippen molar-refractivity contribution in [1.82, 2.24) is 10.0 Å². The van der Waals surface area contributed by atoms with Gasteiger partial charge >= 0.3 is 0 Å². The number of nitrogens with two attached hydrogens (primary N) is 1. The van der Waals surface area contributed by atoms with E-state index >= 15 is 0 Å². The molecule has 0 saturated heterocycles. The molecule has 8 heteroatoms. The van der Waals surface area contributed by atoms with Gasteiger partial charge in [-0.05, 0) is 73.9 Å². The Morgan fingerprint density at radius 3 is 2.32 bits per heavy atom. The number of nitrogen functional groups attached to an aromatic ring is 1. The van der Waals surface area contributed by atoms with E-state index in [9.17, 15) is 8.42 Å². The van der Waals surface area contributed by atoms with Crippen molar-refractivity contribution >= 4 is 15.7 Å². The van der Waals surface area contributed by atoms with Crippen LogP contribution in [-0.2, 0) is 16.6 Å². The first-order chi connectivity index (χ1) is 15.0. The molecule has 1 fully saturated rings.